The molecule has 0 saturated heterocycles. The van der Waals surface area contributed by atoms with Crippen molar-refractivity contribution < 1.29 is 18.7 Å². The first-order chi connectivity index (χ1) is 16.1. The summed E-state index contributed by atoms with van der Waals surface area (Å²) in [5.74, 6) is 1.50. The first-order valence-corrected chi connectivity index (χ1v) is 13.9. The zero-order chi connectivity index (χ0) is 22.3. The topological polar surface area (TPSA) is 64.8 Å². The number of hydrogen-bond donors (Lipinski definition) is 0. The molecule has 0 bridgehead atoms. The molecule has 172 valence electrons. The highest BCUT2D eigenvalue weighted by atomic mass is 31.2. The summed E-state index contributed by atoms with van der Waals surface area (Å²) in [5.41, 5.74) is 6.87. The third-order valence-corrected chi connectivity index (χ3v) is 9.68. The largest absolute Gasteiger partial charge is 0.775 e. The van der Waals surface area contributed by atoms with Gasteiger partial charge in [0.25, 0.3) is 0 Å². The summed E-state index contributed by atoms with van der Waals surface area (Å²) in [6.07, 6.45) is 8.15. The van der Waals surface area contributed by atoms with Crippen LogP contribution in [-0.4, -0.2) is 33.3 Å². The molecule has 0 amide bonds. The molecule has 7 heteroatoms. The molecule has 0 radical (unpaired) electrons. The van der Waals surface area contributed by atoms with E-state index in [4.69, 9.17) is 9.26 Å². The van der Waals surface area contributed by atoms with E-state index in [0.717, 1.165) is 89.0 Å². The van der Waals surface area contributed by atoms with Crippen molar-refractivity contribution in [2.45, 2.75) is 51.4 Å². The van der Waals surface area contributed by atoms with Crippen molar-refractivity contribution in [2.24, 2.45) is 0 Å². The van der Waals surface area contributed by atoms with E-state index in [1.54, 1.807) is 0 Å². The SMILES string of the molecule is COP(=O)([O-])C1=c2cc3c4c(c2Oc2c1cc1c5c2CCCN5CCC1)CCC[N+]=4CCC3. The van der Waals surface area contributed by atoms with Gasteiger partial charge in [0.1, 0.15) is 24.6 Å². The van der Waals surface area contributed by atoms with E-state index in [-0.39, 0.29) is 0 Å². The standard InChI is InChI=1S/C26H29N2O4P/c1-31-33(29,30)26-20-14-16-6-2-10-27-12-4-8-18(22(16)27)24(20)32-25-19-9-5-13-28-11-3-7-17(23(19)28)15-21(25)26/h14-15H,2-13H2,1H3. The smallest absolute Gasteiger partial charge is 0.210 e. The third-order valence-electron chi connectivity index (χ3n) is 8.17. The quantitative estimate of drug-likeness (QED) is 0.504. The Morgan fingerprint density at radius 2 is 1.70 bits per heavy atom. The van der Waals surface area contributed by atoms with Gasteiger partial charge < -0.3 is 23.6 Å². The summed E-state index contributed by atoms with van der Waals surface area (Å²) in [7, 11) is -3.00. The van der Waals surface area contributed by atoms with Crippen molar-refractivity contribution in [3.63, 3.8) is 0 Å². The molecule has 7 rings (SSSR count). The minimum absolute atomic E-state index is 0.324. The number of fused-ring (bicyclic) bond motifs is 4. The van der Waals surface area contributed by atoms with Gasteiger partial charge in [0, 0.05) is 66.0 Å². The predicted molar refractivity (Wildman–Crippen MR) is 126 cm³/mol. The van der Waals surface area contributed by atoms with Crippen LogP contribution >= 0.6 is 7.60 Å². The van der Waals surface area contributed by atoms with Gasteiger partial charge in [-0.05, 0) is 56.2 Å². The van der Waals surface area contributed by atoms with Crippen molar-refractivity contribution in [3.8, 4) is 11.5 Å². The molecule has 1 atom stereocenters. The zero-order valence-corrected chi connectivity index (χ0v) is 20.0. The maximum absolute atomic E-state index is 13.5. The van der Waals surface area contributed by atoms with Crippen molar-refractivity contribution in [1.82, 2.24) is 4.58 Å². The molecule has 1 unspecified atom stereocenters. The van der Waals surface area contributed by atoms with Gasteiger partial charge in [0.05, 0.1) is 5.56 Å². The molecule has 2 aromatic rings. The van der Waals surface area contributed by atoms with Gasteiger partial charge in [-0.25, -0.2) is 4.58 Å². The molecule has 2 aromatic carbocycles. The highest BCUT2D eigenvalue weighted by Crippen LogP contribution is 2.57. The minimum atomic E-state index is -4.28. The molecule has 0 spiro atoms. The van der Waals surface area contributed by atoms with Crippen molar-refractivity contribution in [1.29, 1.82) is 0 Å². The normalized spacial score (nSPS) is 21.9. The van der Waals surface area contributed by atoms with Crippen LogP contribution < -0.4 is 29.7 Å². The van der Waals surface area contributed by atoms with E-state index in [0.29, 0.717) is 16.1 Å². The zero-order valence-electron chi connectivity index (χ0n) is 19.1. The van der Waals surface area contributed by atoms with Gasteiger partial charge >= 0.3 is 0 Å². The monoisotopic (exact) mass is 464 g/mol. The maximum Gasteiger partial charge on any atom is 0.210 e. The second kappa shape index (κ2) is 7.18. The molecule has 0 fully saturated rings. The van der Waals surface area contributed by atoms with Crippen LogP contribution in [0.4, 0.5) is 5.69 Å². The Bertz CT molecular complexity index is 1390. The van der Waals surface area contributed by atoms with Crippen molar-refractivity contribution >= 4 is 18.6 Å². The Morgan fingerprint density at radius 3 is 2.52 bits per heavy atom. The van der Waals surface area contributed by atoms with Crippen LogP contribution in [0.3, 0.4) is 0 Å². The Balaban J connectivity index is 1.63. The summed E-state index contributed by atoms with van der Waals surface area (Å²) < 4.78 is 27.9. The van der Waals surface area contributed by atoms with Gasteiger partial charge in [-0.1, -0.05) is 0 Å². The van der Waals surface area contributed by atoms with Crippen LogP contribution in [0.25, 0.3) is 5.31 Å². The van der Waals surface area contributed by atoms with Gasteiger partial charge in [-0.3, -0.25) is 0 Å². The van der Waals surface area contributed by atoms with E-state index in [9.17, 15) is 9.46 Å². The van der Waals surface area contributed by atoms with E-state index in [2.05, 4.69) is 21.6 Å². The van der Waals surface area contributed by atoms with E-state index >= 15 is 0 Å². The lowest BCUT2D eigenvalue weighted by molar-refractivity contribution is -0.191. The first kappa shape index (κ1) is 20.3. The van der Waals surface area contributed by atoms with Crippen molar-refractivity contribution in [3.05, 3.63) is 50.5 Å². The molecule has 0 aromatic heterocycles. The summed E-state index contributed by atoms with van der Waals surface area (Å²) in [6, 6.07) is 4.18. The molecule has 0 saturated carbocycles. The fourth-order valence-corrected chi connectivity index (χ4v) is 7.99. The molecule has 0 N–H and O–H groups in total. The first-order valence-electron chi connectivity index (χ1n) is 12.4. The molecule has 5 heterocycles. The molecule has 33 heavy (non-hydrogen) atoms. The Labute approximate surface area is 193 Å². The van der Waals surface area contributed by atoms with Crippen molar-refractivity contribution in [2.75, 3.05) is 38.2 Å². The third kappa shape index (κ3) is 2.81. The number of rotatable bonds is 2. The fourth-order valence-electron chi connectivity index (χ4n) is 6.88. The van der Waals surface area contributed by atoms with Gasteiger partial charge in [0.15, 0.2) is 7.60 Å². The highest BCUT2D eigenvalue weighted by molar-refractivity contribution is 7.62. The average Bonchev–Trinajstić information content (AvgIpc) is 2.84. The summed E-state index contributed by atoms with van der Waals surface area (Å²) in [6.45, 7) is 4.27. The molecule has 5 aliphatic rings. The number of aryl methyl sites for hydroxylation is 2. The van der Waals surface area contributed by atoms with Crippen LogP contribution in [0.5, 0.6) is 11.5 Å². The summed E-state index contributed by atoms with van der Waals surface area (Å²) in [4.78, 5) is 15.9. The summed E-state index contributed by atoms with van der Waals surface area (Å²) in [5, 5.41) is 2.32. The lowest BCUT2D eigenvalue weighted by Crippen LogP contribution is -2.45. The summed E-state index contributed by atoms with van der Waals surface area (Å²) >= 11 is 0. The van der Waals surface area contributed by atoms with Crippen LogP contribution in [0.15, 0.2) is 12.1 Å². The van der Waals surface area contributed by atoms with Crippen LogP contribution in [0.2, 0.25) is 0 Å². The van der Waals surface area contributed by atoms with E-state index in [1.807, 2.05) is 0 Å². The Kier molecular flexibility index (Phi) is 4.41. The molecule has 0 aliphatic carbocycles. The molecular weight excluding hydrogens is 435 g/mol. The number of ether oxygens (including phenoxy) is 1. The average molecular weight is 465 g/mol. The van der Waals surface area contributed by atoms with Crippen LogP contribution in [0, 0.1) is 0 Å². The van der Waals surface area contributed by atoms with Crippen LogP contribution in [-0.2, 0) is 34.8 Å². The van der Waals surface area contributed by atoms with E-state index < -0.39 is 7.60 Å². The lowest BCUT2D eigenvalue weighted by Gasteiger charge is -2.40. The molecule has 6 nitrogen and oxygen atoms in total. The number of hydrogen-bond acceptors (Lipinski definition) is 5. The maximum atomic E-state index is 13.5. The van der Waals surface area contributed by atoms with Crippen LogP contribution in [0.1, 0.15) is 53.5 Å². The van der Waals surface area contributed by atoms with E-state index in [1.165, 1.54) is 40.4 Å². The number of benzene rings is 2. The lowest BCUT2D eigenvalue weighted by atomic mass is 9.87. The van der Waals surface area contributed by atoms with Gasteiger partial charge in [0.2, 0.25) is 5.36 Å². The molecule has 5 aliphatic heterocycles. The van der Waals surface area contributed by atoms with Gasteiger partial charge in [-0.15, -0.1) is 0 Å². The Morgan fingerprint density at radius 1 is 0.970 bits per heavy atom. The number of anilines is 1. The predicted octanol–water partition coefficient (Wildman–Crippen LogP) is 2.23. The second-order valence-corrected chi connectivity index (χ2v) is 11.8. The molecular formula is C26H29N2O4P. The highest BCUT2D eigenvalue weighted by Gasteiger charge is 2.37. The number of nitrogens with zero attached hydrogens (tertiary/aromatic N) is 2. The van der Waals surface area contributed by atoms with Gasteiger partial charge in [-0.2, -0.15) is 0 Å². The Hall–Kier alpha value is -2.14. The fraction of sp³-hybridized carbons (Fsp3) is 0.500. The second-order valence-electron chi connectivity index (χ2n) is 10.00. The minimum Gasteiger partial charge on any atom is -0.775 e.